The van der Waals surface area contributed by atoms with Crippen LogP contribution in [-0.4, -0.2) is 20.3 Å². The van der Waals surface area contributed by atoms with Crippen LogP contribution in [0.25, 0.3) is 6.20 Å². The number of hydrogen-bond acceptors (Lipinski definition) is 3. The van der Waals surface area contributed by atoms with Gasteiger partial charge in [-0.3, -0.25) is 9.78 Å². The maximum absolute atomic E-state index is 12.1. The van der Waals surface area contributed by atoms with Gasteiger partial charge in [0.05, 0.1) is 10.0 Å². The third-order valence-electron chi connectivity index (χ3n) is 2.13. The quantitative estimate of drug-likeness (QED) is 0.804. The molecule has 0 atom stereocenters. The number of pyridine rings is 1. The van der Waals surface area contributed by atoms with Crippen molar-refractivity contribution in [3.63, 3.8) is 0 Å². The summed E-state index contributed by atoms with van der Waals surface area (Å²) >= 11 is 11.7. The van der Waals surface area contributed by atoms with E-state index >= 15 is 0 Å². The zero-order chi connectivity index (χ0) is 12.4. The van der Waals surface area contributed by atoms with Crippen molar-refractivity contribution in [2.24, 2.45) is 0 Å². The summed E-state index contributed by atoms with van der Waals surface area (Å²) in [6, 6.07) is 1.51. The first-order valence-corrected chi connectivity index (χ1v) is 5.41. The van der Waals surface area contributed by atoms with Crippen LogP contribution in [0.4, 0.5) is 0 Å². The minimum Gasteiger partial charge on any atom is -0.304 e. The van der Waals surface area contributed by atoms with E-state index in [0.29, 0.717) is 0 Å². The highest BCUT2D eigenvalue weighted by Crippen LogP contribution is 2.25. The molecule has 6 heteroatoms. The first kappa shape index (κ1) is 11.8. The maximum Gasteiger partial charge on any atom is 0.248 e. The number of imidazole rings is 1. The van der Waals surface area contributed by atoms with Crippen molar-refractivity contribution in [1.82, 2.24) is 14.5 Å². The lowest BCUT2D eigenvalue weighted by molar-refractivity contribution is 0.102. The number of nitrogens with zero attached hydrogens (tertiary/aromatic N) is 3. The highest BCUT2D eigenvalue weighted by molar-refractivity contribution is 6.44. The molecule has 2 aromatic rings. The average molecular weight is 268 g/mol. The SMILES string of the molecule is C=Cn1ccnc1C(=O)c1nccc(Cl)c1Cl. The molecule has 0 radical (unpaired) electrons. The number of hydrogen-bond donors (Lipinski definition) is 0. The molecule has 86 valence electrons. The molecule has 17 heavy (non-hydrogen) atoms. The fraction of sp³-hybridized carbons (Fsp3) is 0. The normalized spacial score (nSPS) is 10.2. The summed E-state index contributed by atoms with van der Waals surface area (Å²) in [6.45, 7) is 3.57. The van der Waals surface area contributed by atoms with E-state index in [9.17, 15) is 4.79 Å². The fourth-order valence-electron chi connectivity index (χ4n) is 1.32. The molecule has 0 saturated carbocycles. The van der Waals surface area contributed by atoms with Crippen LogP contribution in [0.2, 0.25) is 10.0 Å². The molecule has 0 aliphatic rings. The summed E-state index contributed by atoms with van der Waals surface area (Å²) in [5, 5.41) is 0.402. The van der Waals surface area contributed by atoms with Crippen LogP contribution in [-0.2, 0) is 0 Å². The molecule has 0 spiro atoms. The highest BCUT2D eigenvalue weighted by atomic mass is 35.5. The number of aromatic nitrogens is 3. The van der Waals surface area contributed by atoms with Crippen molar-refractivity contribution in [1.29, 1.82) is 0 Å². The molecular weight excluding hydrogens is 261 g/mol. The van der Waals surface area contributed by atoms with Gasteiger partial charge in [-0.25, -0.2) is 4.98 Å². The van der Waals surface area contributed by atoms with E-state index in [2.05, 4.69) is 16.5 Å². The Bertz CT molecular complexity index is 592. The van der Waals surface area contributed by atoms with Crippen LogP contribution in [0.1, 0.15) is 16.3 Å². The van der Waals surface area contributed by atoms with Gasteiger partial charge < -0.3 is 4.57 Å². The molecule has 0 aliphatic carbocycles. The van der Waals surface area contributed by atoms with Crippen LogP contribution >= 0.6 is 23.2 Å². The highest BCUT2D eigenvalue weighted by Gasteiger charge is 2.20. The van der Waals surface area contributed by atoms with Gasteiger partial charge in [-0.15, -0.1) is 0 Å². The molecule has 0 unspecified atom stereocenters. The molecule has 2 aromatic heterocycles. The predicted molar refractivity (Wildman–Crippen MR) is 66.3 cm³/mol. The van der Waals surface area contributed by atoms with Gasteiger partial charge in [-0.1, -0.05) is 29.8 Å². The summed E-state index contributed by atoms with van der Waals surface area (Å²) in [5.41, 5.74) is 0.0773. The van der Waals surface area contributed by atoms with Crippen LogP contribution < -0.4 is 0 Å². The number of carbonyl (C=O) groups excluding carboxylic acids is 1. The van der Waals surface area contributed by atoms with Crippen molar-refractivity contribution < 1.29 is 4.79 Å². The lowest BCUT2D eigenvalue weighted by Gasteiger charge is -2.03. The van der Waals surface area contributed by atoms with Gasteiger partial charge in [0.1, 0.15) is 5.69 Å². The fourth-order valence-corrected chi connectivity index (χ4v) is 1.66. The first-order valence-electron chi connectivity index (χ1n) is 4.65. The third kappa shape index (κ3) is 2.09. The van der Waals surface area contributed by atoms with Crippen LogP contribution in [0, 0.1) is 0 Å². The van der Waals surface area contributed by atoms with Gasteiger partial charge in [0.25, 0.3) is 0 Å². The lowest BCUT2D eigenvalue weighted by atomic mass is 10.2. The molecule has 0 amide bonds. The van der Waals surface area contributed by atoms with E-state index in [1.54, 1.807) is 6.20 Å². The number of ketones is 1. The molecule has 2 rings (SSSR count). The van der Waals surface area contributed by atoms with Crippen molar-refractivity contribution in [3.8, 4) is 0 Å². The van der Waals surface area contributed by atoms with Gasteiger partial charge in [0.15, 0.2) is 5.82 Å². The Morgan fingerprint density at radius 2 is 2.12 bits per heavy atom. The number of carbonyl (C=O) groups is 1. The zero-order valence-electron chi connectivity index (χ0n) is 8.60. The van der Waals surface area contributed by atoms with Crippen molar-refractivity contribution >= 4 is 35.2 Å². The van der Waals surface area contributed by atoms with Gasteiger partial charge in [0, 0.05) is 24.8 Å². The Kier molecular flexibility index (Phi) is 3.26. The van der Waals surface area contributed by atoms with E-state index in [-0.39, 0.29) is 21.6 Å². The standard InChI is InChI=1S/C11H7Cl2N3O/c1-2-16-6-5-15-11(16)10(17)9-8(13)7(12)3-4-14-9/h2-6H,1H2. The molecule has 0 bridgehead atoms. The lowest BCUT2D eigenvalue weighted by Crippen LogP contribution is -2.10. The topological polar surface area (TPSA) is 47.8 Å². The zero-order valence-corrected chi connectivity index (χ0v) is 10.1. The smallest absolute Gasteiger partial charge is 0.248 e. The molecule has 2 heterocycles. The van der Waals surface area contributed by atoms with Crippen LogP contribution in [0.5, 0.6) is 0 Å². The monoisotopic (exact) mass is 267 g/mol. The van der Waals surface area contributed by atoms with Crippen molar-refractivity contribution in [3.05, 3.63) is 52.8 Å². The van der Waals surface area contributed by atoms with E-state index in [0.717, 1.165) is 0 Å². The Balaban J connectivity index is 2.51. The summed E-state index contributed by atoms with van der Waals surface area (Å²) in [5.74, 6) is -0.209. The maximum atomic E-state index is 12.1. The van der Waals surface area contributed by atoms with E-state index in [1.807, 2.05) is 0 Å². The second-order valence-electron chi connectivity index (χ2n) is 3.13. The van der Waals surface area contributed by atoms with Crippen molar-refractivity contribution in [2.75, 3.05) is 0 Å². The Labute approximate surface area is 108 Å². The van der Waals surface area contributed by atoms with E-state index in [4.69, 9.17) is 23.2 Å². The van der Waals surface area contributed by atoms with Gasteiger partial charge >= 0.3 is 0 Å². The third-order valence-corrected chi connectivity index (χ3v) is 2.92. The summed E-state index contributed by atoms with van der Waals surface area (Å²) < 4.78 is 1.49. The van der Waals surface area contributed by atoms with Crippen LogP contribution in [0.15, 0.2) is 31.2 Å². The minimum atomic E-state index is -0.401. The molecule has 0 aromatic carbocycles. The molecule has 4 nitrogen and oxygen atoms in total. The molecule has 0 aliphatic heterocycles. The predicted octanol–water partition coefficient (Wildman–Crippen LogP) is 2.92. The van der Waals surface area contributed by atoms with Gasteiger partial charge in [-0.2, -0.15) is 0 Å². The van der Waals surface area contributed by atoms with Gasteiger partial charge in [-0.05, 0) is 6.07 Å². The second-order valence-corrected chi connectivity index (χ2v) is 3.91. The first-order chi connectivity index (χ1) is 8.15. The van der Waals surface area contributed by atoms with Gasteiger partial charge in [0.2, 0.25) is 5.78 Å². The summed E-state index contributed by atoms with van der Waals surface area (Å²) in [6.07, 6.45) is 5.99. The number of halogens is 2. The Morgan fingerprint density at radius 3 is 2.82 bits per heavy atom. The minimum absolute atomic E-state index is 0.0773. The average Bonchev–Trinajstić information content (AvgIpc) is 2.80. The second kappa shape index (κ2) is 4.69. The van der Waals surface area contributed by atoms with Crippen molar-refractivity contribution in [2.45, 2.75) is 0 Å². The molecule has 0 N–H and O–H groups in total. The Hall–Kier alpha value is -1.65. The Morgan fingerprint density at radius 1 is 1.35 bits per heavy atom. The van der Waals surface area contributed by atoms with E-state index < -0.39 is 5.78 Å². The summed E-state index contributed by atoms with van der Waals surface area (Å²) in [4.78, 5) is 20.0. The largest absolute Gasteiger partial charge is 0.304 e. The van der Waals surface area contributed by atoms with E-state index in [1.165, 1.54) is 29.2 Å². The molecule has 0 fully saturated rings. The molecular formula is C11H7Cl2N3O. The van der Waals surface area contributed by atoms with Crippen LogP contribution in [0.3, 0.4) is 0 Å². The number of rotatable bonds is 3. The summed E-state index contributed by atoms with van der Waals surface area (Å²) in [7, 11) is 0. The molecule has 0 saturated heterocycles.